The molecule has 1 saturated heterocycles. The summed E-state index contributed by atoms with van der Waals surface area (Å²) in [5, 5.41) is 2.95. The fraction of sp³-hybridized carbons (Fsp3) is 0.280. The van der Waals surface area contributed by atoms with Gasteiger partial charge in [0.25, 0.3) is 21.8 Å². The number of nitrogens with zero attached hydrogens (tertiary/aromatic N) is 1. The molecule has 1 aromatic heterocycles. The van der Waals surface area contributed by atoms with Gasteiger partial charge in [-0.1, -0.05) is 17.7 Å². The van der Waals surface area contributed by atoms with Crippen LogP contribution in [0, 0.1) is 6.92 Å². The smallest absolute Gasteiger partial charge is 0.265 e. The van der Waals surface area contributed by atoms with Crippen molar-refractivity contribution in [2.45, 2.75) is 30.7 Å². The number of amides is 2. The molecule has 3 aromatic rings. The van der Waals surface area contributed by atoms with Gasteiger partial charge in [-0.15, -0.1) is 0 Å². The number of piperidine rings is 1. The number of carbonyl (C=O) groups is 2. The molecule has 1 aliphatic rings. The lowest BCUT2D eigenvalue weighted by Gasteiger charge is -2.32. The van der Waals surface area contributed by atoms with Crippen LogP contribution >= 0.6 is 0 Å². The Labute approximate surface area is 204 Å². The van der Waals surface area contributed by atoms with Crippen LogP contribution in [0.3, 0.4) is 0 Å². The van der Waals surface area contributed by atoms with E-state index in [-0.39, 0.29) is 34.1 Å². The Bertz CT molecular complexity index is 1300. The molecule has 0 bridgehead atoms. The molecule has 10 heteroatoms. The third-order valence-corrected chi connectivity index (χ3v) is 7.31. The van der Waals surface area contributed by atoms with Crippen molar-refractivity contribution in [1.29, 1.82) is 0 Å². The molecule has 2 heterocycles. The zero-order chi connectivity index (χ0) is 25.0. The highest BCUT2D eigenvalue weighted by Crippen LogP contribution is 2.27. The van der Waals surface area contributed by atoms with E-state index in [0.717, 1.165) is 5.56 Å². The van der Waals surface area contributed by atoms with Gasteiger partial charge in [0.1, 0.15) is 16.9 Å². The second-order valence-corrected chi connectivity index (χ2v) is 10.0. The summed E-state index contributed by atoms with van der Waals surface area (Å²) in [6.45, 7) is 2.90. The summed E-state index contributed by atoms with van der Waals surface area (Å²) in [4.78, 5) is 27.0. The summed E-state index contributed by atoms with van der Waals surface area (Å²) in [6.07, 6.45) is 4.05. The minimum atomic E-state index is -4.00. The number of anilines is 1. The fourth-order valence-corrected chi connectivity index (χ4v) is 5.18. The molecule has 2 N–H and O–H groups in total. The van der Waals surface area contributed by atoms with Crippen LogP contribution in [0.2, 0.25) is 0 Å². The number of sulfonamides is 1. The third kappa shape index (κ3) is 5.65. The molecule has 0 saturated carbocycles. The average molecular weight is 498 g/mol. The molecule has 0 aliphatic carbocycles. The molecule has 0 atom stereocenters. The van der Waals surface area contributed by atoms with E-state index >= 15 is 0 Å². The molecule has 4 rings (SSSR count). The van der Waals surface area contributed by atoms with Gasteiger partial charge in [0, 0.05) is 30.4 Å². The van der Waals surface area contributed by atoms with E-state index in [4.69, 9.17) is 9.15 Å². The quantitative estimate of drug-likeness (QED) is 0.516. The Morgan fingerprint density at radius 3 is 2.37 bits per heavy atom. The second kappa shape index (κ2) is 10.2. The predicted molar refractivity (Wildman–Crippen MR) is 130 cm³/mol. The maximum atomic E-state index is 13.1. The Morgan fingerprint density at radius 1 is 1.03 bits per heavy atom. The number of methoxy groups -OCH3 is 1. The van der Waals surface area contributed by atoms with Crippen LogP contribution in [0.4, 0.5) is 5.69 Å². The van der Waals surface area contributed by atoms with Gasteiger partial charge in [0.2, 0.25) is 0 Å². The van der Waals surface area contributed by atoms with Gasteiger partial charge in [-0.05, 0) is 56.2 Å². The molecule has 0 spiro atoms. The zero-order valence-corrected chi connectivity index (χ0v) is 20.3. The van der Waals surface area contributed by atoms with Crippen LogP contribution in [-0.2, 0) is 10.0 Å². The molecule has 1 aliphatic heterocycles. The van der Waals surface area contributed by atoms with Gasteiger partial charge in [0.15, 0.2) is 0 Å². The number of hydrogen-bond acceptors (Lipinski definition) is 6. The topological polar surface area (TPSA) is 118 Å². The number of likely N-dealkylation sites (tertiary alicyclic amines) is 1. The van der Waals surface area contributed by atoms with Crippen molar-refractivity contribution in [2.24, 2.45) is 0 Å². The Hall–Kier alpha value is -3.79. The molecule has 0 unspecified atom stereocenters. The van der Waals surface area contributed by atoms with Crippen LogP contribution in [-0.4, -0.2) is 51.4 Å². The van der Waals surface area contributed by atoms with E-state index in [1.165, 1.54) is 37.8 Å². The highest BCUT2D eigenvalue weighted by molar-refractivity contribution is 7.92. The Balaban J connectivity index is 1.43. The second-order valence-electron chi connectivity index (χ2n) is 8.39. The largest absolute Gasteiger partial charge is 0.495 e. The lowest BCUT2D eigenvalue weighted by Crippen LogP contribution is -2.46. The number of furan rings is 1. The van der Waals surface area contributed by atoms with E-state index in [0.29, 0.717) is 37.2 Å². The van der Waals surface area contributed by atoms with E-state index in [2.05, 4.69) is 10.0 Å². The minimum absolute atomic E-state index is 0.102. The first kappa shape index (κ1) is 24.3. The van der Waals surface area contributed by atoms with E-state index in [1.807, 2.05) is 6.92 Å². The first-order chi connectivity index (χ1) is 16.8. The van der Waals surface area contributed by atoms with Crippen molar-refractivity contribution < 1.29 is 27.2 Å². The Morgan fingerprint density at radius 2 is 1.74 bits per heavy atom. The number of benzene rings is 2. The monoisotopic (exact) mass is 497 g/mol. The molecule has 0 radical (unpaired) electrons. The third-order valence-electron chi connectivity index (χ3n) is 5.90. The first-order valence-corrected chi connectivity index (χ1v) is 12.6. The van der Waals surface area contributed by atoms with Crippen molar-refractivity contribution in [3.8, 4) is 5.75 Å². The SMILES string of the molecule is COc1ccc(C(=O)NC2CCN(C(=O)c3ccoc3)CC2)cc1S(=O)(=O)Nc1ccc(C)cc1. The van der Waals surface area contributed by atoms with Crippen LogP contribution in [0.1, 0.15) is 39.1 Å². The number of aryl methyl sites for hydroxylation is 1. The molecule has 184 valence electrons. The predicted octanol–water partition coefficient (Wildman–Crippen LogP) is 3.43. The molecule has 2 amide bonds. The van der Waals surface area contributed by atoms with Crippen molar-refractivity contribution in [3.63, 3.8) is 0 Å². The molecular weight excluding hydrogens is 470 g/mol. The summed E-state index contributed by atoms with van der Waals surface area (Å²) in [7, 11) is -2.63. The van der Waals surface area contributed by atoms with E-state index in [1.54, 1.807) is 35.2 Å². The van der Waals surface area contributed by atoms with Gasteiger partial charge in [-0.3, -0.25) is 14.3 Å². The zero-order valence-electron chi connectivity index (χ0n) is 19.5. The number of hydrogen-bond donors (Lipinski definition) is 2. The summed E-state index contributed by atoms with van der Waals surface area (Å²) in [6, 6.07) is 12.7. The highest BCUT2D eigenvalue weighted by Gasteiger charge is 2.27. The standard InChI is InChI=1S/C25H27N3O6S/c1-17-3-6-21(7-4-17)27-35(31,32)23-15-18(5-8-22(23)33-2)24(29)26-20-9-12-28(13-10-20)25(30)19-11-14-34-16-19/h3-8,11,14-16,20,27H,9-10,12-13H2,1-2H3,(H,26,29). The summed E-state index contributed by atoms with van der Waals surface area (Å²) in [5.41, 5.74) is 2.11. The number of rotatable bonds is 7. The normalized spacial score (nSPS) is 14.4. The van der Waals surface area contributed by atoms with Crippen molar-refractivity contribution in [1.82, 2.24) is 10.2 Å². The molecule has 9 nitrogen and oxygen atoms in total. The number of carbonyl (C=O) groups excluding carboxylic acids is 2. The van der Waals surface area contributed by atoms with Gasteiger partial charge >= 0.3 is 0 Å². The van der Waals surface area contributed by atoms with Gasteiger partial charge in [0.05, 0.1) is 18.9 Å². The van der Waals surface area contributed by atoms with Crippen molar-refractivity contribution >= 4 is 27.5 Å². The van der Waals surface area contributed by atoms with Gasteiger partial charge in [-0.25, -0.2) is 8.42 Å². The van der Waals surface area contributed by atoms with Crippen molar-refractivity contribution in [2.75, 3.05) is 24.9 Å². The highest BCUT2D eigenvalue weighted by atomic mass is 32.2. The van der Waals surface area contributed by atoms with Crippen molar-refractivity contribution in [3.05, 3.63) is 77.7 Å². The van der Waals surface area contributed by atoms with Gasteiger partial charge in [-0.2, -0.15) is 0 Å². The fourth-order valence-electron chi connectivity index (χ4n) is 3.92. The van der Waals surface area contributed by atoms with E-state index in [9.17, 15) is 18.0 Å². The number of ether oxygens (including phenoxy) is 1. The molecule has 1 fully saturated rings. The average Bonchev–Trinajstić information content (AvgIpc) is 3.40. The van der Waals surface area contributed by atoms with Gasteiger partial charge < -0.3 is 19.4 Å². The molecule has 2 aromatic carbocycles. The summed E-state index contributed by atoms with van der Waals surface area (Å²) < 4.78 is 38.9. The number of nitrogens with one attached hydrogen (secondary N) is 2. The minimum Gasteiger partial charge on any atom is -0.495 e. The Kier molecular flexibility index (Phi) is 7.11. The summed E-state index contributed by atoms with van der Waals surface area (Å²) in [5.74, 6) is -0.360. The first-order valence-electron chi connectivity index (χ1n) is 11.2. The maximum Gasteiger partial charge on any atom is 0.265 e. The summed E-state index contributed by atoms with van der Waals surface area (Å²) >= 11 is 0. The van der Waals surface area contributed by atoms with Crippen LogP contribution < -0.4 is 14.8 Å². The van der Waals surface area contributed by atoms with Crippen LogP contribution in [0.15, 0.2) is 70.4 Å². The lowest BCUT2D eigenvalue weighted by atomic mass is 10.0. The molecule has 35 heavy (non-hydrogen) atoms. The van der Waals surface area contributed by atoms with Crippen LogP contribution in [0.25, 0.3) is 0 Å². The lowest BCUT2D eigenvalue weighted by molar-refractivity contribution is 0.0697. The maximum absolute atomic E-state index is 13.1. The van der Waals surface area contributed by atoms with Crippen LogP contribution in [0.5, 0.6) is 5.75 Å². The molecular formula is C25H27N3O6S. The van der Waals surface area contributed by atoms with E-state index < -0.39 is 10.0 Å².